The van der Waals surface area contributed by atoms with E-state index in [1.54, 1.807) is 6.07 Å². The third-order valence-corrected chi connectivity index (χ3v) is 3.42. The van der Waals surface area contributed by atoms with E-state index in [2.05, 4.69) is 9.88 Å². The van der Waals surface area contributed by atoms with E-state index in [1.165, 1.54) is 6.20 Å². The second-order valence-corrected chi connectivity index (χ2v) is 4.70. The average molecular weight is 251 g/mol. The molecule has 1 aromatic rings. The van der Waals surface area contributed by atoms with Gasteiger partial charge in [0.15, 0.2) is 0 Å². The van der Waals surface area contributed by atoms with E-state index in [1.807, 2.05) is 6.92 Å². The van der Waals surface area contributed by atoms with Crippen molar-refractivity contribution in [3.8, 4) is 0 Å². The molecule has 0 aromatic carbocycles. The maximum atomic E-state index is 10.6. The van der Waals surface area contributed by atoms with Crippen molar-refractivity contribution in [2.45, 2.75) is 19.8 Å². The maximum Gasteiger partial charge on any atom is 0.287 e. The lowest BCUT2D eigenvalue weighted by Gasteiger charge is -2.32. The van der Waals surface area contributed by atoms with Gasteiger partial charge in [0.1, 0.15) is 12.0 Å². The summed E-state index contributed by atoms with van der Waals surface area (Å²) in [6, 6.07) is 1.56. The molecule has 1 saturated heterocycles. The Morgan fingerprint density at radius 3 is 2.72 bits per heavy atom. The Morgan fingerprint density at radius 2 is 2.22 bits per heavy atom. The fourth-order valence-corrected chi connectivity index (χ4v) is 2.31. The first-order valence-electron chi connectivity index (χ1n) is 6.08. The Balaban J connectivity index is 2.12. The van der Waals surface area contributed by atoms with Crippen molar-refractivity contribution in [1.29, 1.82) is 0 Å². The van der Waals surface area contributed by atoms with Gasteiger partial charge in [-0.05, 0) is 31.2 Å². The second-order valence-electron chi connectivity index (χ2n) is 4.70. The van der Waals surface area contributed by atoms with Crippen LogP contribution in [0, 0.1) is 23.0 Å². The van der Waals surface area contributed by atoms with E-state index < -0.39 is 4.92 Å². The van der Waals surface area contributed by atoms with Gasteiger partial charge >= 0.3 is 0 Å². The standard InChI is InChI=1S/C12H17N3O3/c1-9-6-11(15(17)18)7-13-12(9)14-4-2-10(8-16)3-5-14/h6-7,10,16H,2-5,8H2,1H3. The molecule has 2 heterocycles. The molecule has 0 bridgehead atoms. The zero-order chi connectivity index (χ0) is 13.1. The van der Waals surface area contributed by atoms with Crippen molar-refractivity contribution in [2.24, 2.45) is 5.92 Å². The molecule has 1 fully saturated rings. The number of pyridine rings is 1. The fraction of sp³-hybridized carbons (Fsp3) is 0.583. The van der Waals surface area contributed by atoms with E-state index in [0.717, 1.165) is 37.3 Å². The summed E-state index contributed by atoms with van der Waals surface area (Å²) in [7, 11) is 0. The summed E-state index contributed by atoms with van der Waals surface area (Å²) >= 11 is 0. The Labute approximate surface area is 105 Å². The van der Waals surface area contributed by atoms with Crippen LogP contribution in [0.1, 0.15) is 18.4 Å². The lowest BCUT2D eigenvalue weighted by molar-refractivity contribution is -0.385. The largest absolute Gasteiger partial charge is 0.396 e. The Morgan fingerprint density at radius 1 is 1.56 bits per heavy atom. The SMILES string of the molecule is Cc1cc([N+](=O)[O-])cnc1N1CCC(CO)CC1. The van der Waals surface area contributed by atoms with Gasteiger partial charge < -0.3 is 10.0 Å². The highest BCUT2D eigenvalue weighted by atomic mass is 16.6. The molecule has 1 N–H and O–H groups in total. The number of nitrogens with zero attached hydrogens (tertiary/aromatic N) is 3. The summed E-state index contributed by atoms with van der Waals surface area (Å²) in [4.78, 5) is 16.5. The zero-order valence-electron chi connectivity index (χ0n) is 10.4. The third-order valence-electron chi connectivity index (χ3n) is 3.42. The number of hydrogen-bond acceptors (Lipinski definition) is 5. The van der Waals surface area contributed by atoms with Gasteiger partial charge in [-0.2, -0.15) is 0 Å². The number of rotatable bonds is 3. The molecule has 18 heavy (non-hydrogen) atoms. The minimum Gasteiger partial charge on any atom is -0.396 e. The van der Waals surface area contributed by atoms with Crippen molar-refractivity contribution < 1.29 is 10.0 Å². The van der Waals surface area contributed by atoms with Crippen LogP contribution in [-0.4, -0.2) is 34.7 Å². The third kappa shape index (κ3) is 2.59. The molecule has 0 radical (unpaired) electrons. The topological polar surface area (TPSA) is 79.5 Å². The van der Waals surface area contributed by atoms with Crippen LogP contribution in [0.15, 0.2) is 12.3 Å². The van der Waals surface area contributed by atoms with E-state index in [0.29, 0.717) is 5.92 Å². The summed E-state index contributed by atoms with van der Waals surface area (Å²) in [6.45, 7) is 3.77. The van der Waals surface area contributed by atoms with Crippen molar-refractivity contribution in [3.05, 3.63) is 27.9 Å². The minimum atomic E-state index is -0.429. The first-order chi connectivity index (χ1) is 8.61. The fourth-order valence-electron chi connectivity index (χ4n) is 2.31. The zero-order valence-corrected chi connectivity index (χ0v) is 10.4. The van der Waals surface area contributed by atoms with Gasteiger partial charge in [0.25, 0.3) is 5.69 Å². The normalized spacial score (nSPS) is 16.9. The van der Waals surface area contributed by atoms with Crippen LogP contribution in [-0.2, 0) is 0 Å². The number of piperidine rings is 1. The van der Waals surface area contributed by atoms with Crippen LogP contribution >= 0.6 is 0 Å². The van der Waals surface area contributed by atoms with Crippen LogP contribution in [0.5, 0.6) is 0 Å². The molecular weight excluding hydrogens is 234 g/mol. The predicted octanol–water partition coefficient (Wildman–Crippen LogP) is 1.51. The molecule has 1 aliphatic heterocycles. The number of aryl methyl sites for hydroxylation is 1. The lowest BCUT2D eigenvalue weighted by atomic mass is 9.97. The van der Waals surface area contributed by atoms with Gasteiger partial charge in [0, 0.05) is 25.8 Å². The van der Waals surface area contributed by atoms with Crippen molar-refractivity contribution >= 4 is 11.5 Å². The highest BCUT2D eigenvalue weighted by Gasteiger charge is 2.21. The quantitative estimate of drug-likeness (QED) is 0.650. The molecular formula is C12H17N3O3. The van der Waals surface area contributed by atoms with Crippen LogP contribution in [0.3, 0.4) is 0 Å². The summed E-state index contributed by atoms with van der Waals surface area (Å²) in [5, 5.41) is 19.7. The van der Waals surface area contributed by atoms with Crippen LogP contribution in [0.25, 0.3) is 0 Å². The average Bonchev–Trinajstić information content (AvgIpc) is 2.38. The van der Waals surface area contributed by atoms with Crippen molar-refractivity contribution in [2.75, 3.05) is 24.6 Å². The van der Waals surface area contributed by atoms with Crippen LogP contribution in [0.2, 0.25) is 0 Å². The molecule has 0 unspecified atom stereocenters. The first kappa shape index (κ1) is 12.8. The molecule has 0 aliphatic carbocycles. The van der Waals surface area contributed by atoms with Crippen molar-refractivity contribution in [1.82, 2.24) is 4.98 Å². The molecule has 6 heteroatoms. The minimum absolute atomic E-state index is 0.0292. The molecule has 0 amide bonds. The summed E-state index contributed by atoms with van der Waals surface area (Å²) in [5.41, 5.74) is 0.855. The molecule has 1 aliphatic rings. The lowest BCUT2D eigenvalue weighted by Crippen LogP contribution is -2.35. The van der Waals surface area contributed by atoms with E-state index in [4.69, 9.17) is 5.11 Å². The molecule has 6 nitrogen and oxygen atoms in total. The van der Waals surface area contributed by atoms with Crippen LogP contribution in [0.4, 0.5) is 11.5 Å². The number of anilines is 1. The summed E-state index contributed by atoms with van der Waals surface area (Å²) < 4.78 is 0. The predicted molar refractivity (Wildman–Crippen MR) is 67.7 cm³/mol. The monoisotopic (exact) mass is 251 g/mol. The van der Waals surface area contributed by atoms with Crippen LogP contribution < -0.4 is 4.90 Å². The molecule has 1 aromatic heterocycles. The van der Waals surface area contributed by atoms with Gasteiger partial charge in [0.05, 0.1) is 4.92 Å². The van der Waals surface area contributed by atoms with Gasteiger partial charge in [-0.1, -0.05) is 0 Å². The Bertz CT molecular complexity index is 442. The molecule has 2 rings (SSSR count). The number of nitro groups is 1. The summed E-state index contributed by atoms with van der Waals surface area (Å²) in [5.74, 6) is 1.19. The number of aliphatic hydroxyl groups excluding tert-OH is 1. The maximum absolute atomic E-state index is 10.6. The molecule has 0 spiro atoms. The smallest absolute Gasteiger partial charge is 0.287 e. The first-order valence-corrected chi connectivity index (χ1v) is 6.08. The molecule has 98 valence electrons. The number of aromatic nitrogens is 1. The van der Waals surface area contributed by atoms with Gasteiger partial charge in [0.2, 0.25) is 0 Å². The summed E-state index contributed by atoms with van der Waals surface area (Å²) in [6.07, 6.45) is 3.18. The van der Waals surface area contributed by atoms with E-state index in [-0.39, 0.29) is 12.3 Å². The molecule has 0 atom stereocenters. The highest BCUT2D eigenvalue weighted by Crippen LogP contribution is 2.26. The number of aliphatic hydroxyl groups is 1. The molecule has 0 saturated carbocycles. The van der Waals surface area contributed by atoms with E-state index in [9.17, 15) is 10.1 Å². The van der Waals surface area contributed by atoms with Crippen molar-refractivity contribution in [3.63, 3.8) is 0 Å². The van der Waals surface area contributed by atoms with Gasteiger partial charge in [-0.15, -0.1) is 0 Å². The van der Waals surface area contributed by atoms with Gasteiger partial charge in [-0.3, -0.25) is 10.1 Å². The Hall–Kier alpha value is -1.69. The van der Waals surface area contributed by atoms with Gasteiger partial charge in [-0.25, -0.2) is 4.98 Å². The van der Waals surface area contributed by atoms with E-state index >= 15 is 0 Å². The number of hydrogen-bond donors (Lipinski definition) is 1. The second kappa shape index (κ2) is 5.30. The highest BCUT2D eigenvalue weighted by molar-refractivity contribution is 5.50. The Kier molecular flexibility index (Phi) is 3.76.